The lowest BCUT2D eigenvalue weighted by Crippen LogP contribution is -1.95. The van der Waals surface area contributed by atoms with Crippen LogP contribution in [0.1, 0.15) is 11.1 Å². The van der Waals surface area contributed by atoms with Gasteiger partial charge in [-0.25, -0.2) is 5.10 Å². The minimum absolute atomic E-state index is 0.191. The first-order valence-corrected chi connectivity index (χ1v) is 8.28. The van der Waals surface area contributed by atoms with Gasteiger partial charge in [-0.05, 0) is 25.2 Å². The van der Waals surface area contributed by atoms with Gasteiger partial charge in [-0.3, -0.25) is 0 Å². The summed E-state index contributed by atoms with van der Waals surface area (Å²) < 4.78 is 12.6. The average molecular weight is 373 g/mol. The van der Waals surface area contributed by atoms with Crippen LogP contribution >= 0.6 is 23.8 Å². The van der Waals surface area contributed by atoms with Crippen molar-refractivity contribution in [2.24, 2.45) is 5.10 Å². The monoisotopic (exact) mass is 372 g/mol. The van der Waals surface area contributed by atoms with Gasteiger partial charge in [-0.15, -0.1) is 0 Å². The molecule has 1 aliphatic heterocycles. The van der Waals surface area contributed by atoms with Gasteiger partial charge in [0.25, 0.3) is 0 Å². The number of nitrogens with one attached hydrogen (secondary N) is 1. The molecule has 2 aromatic carbocycles. The van der Waals surface area contributed by atoms with Crippen molar-refractivity contribution < 1.29 is 9.47 Å². The molecule has 1 N–H and O–H groups in total. The molecule has 0 bridgehead atoms. The van der Waals surface area contributed by atoms with Crippen LogP contribution in [0.25, 0.3) is 11.4 Å². The zero-order chi connectivity index (χ0) is 17.4. The summed E-state index contributed by atoms with van der Waals surface area (Å²) >= 11 is 11.6. The average Bonchev–Trinajstić information content (AvgIpc) is 3.19. The predicted molar refractivity (Wildman–Crippen MR) is 98.2 cm³/mol. The van der Waals surface area contributed by atoms with E-state index in [0.29, 0.717) is 32.7 Å². The van der Waals surface area contributed by atoms with Gasteiger partial charge in [0.2, 0.25) is 11.6 Å². The summed E-state index contributed by atoms with van der Waals surface area (Å²) in [6.45, 7) is 2.22. The Morgan fingerprint density at radius 1 is 1.24 bits per heavy atom. The number of H-pyrrole nitrogens is 1. The fraction of sp³-hybridized carbons (Fsp3) is 0.118. The van der Waals surface area contributed by atoms with Crippen LogP contribution < -0.4 is 9.47 Å². The number of hydrogen-bond acceptors (Lipinski definition) is 5. The molecule has 0 amide bonds. The third kappa shape index (κ3) is 3.04. The summed E-state index contributed by atoms with van der Waals surface area (Å²) in [6.07, 6.45) is 1.62. The van der Waals surface area contributed by atoms with Crippen molar-refractivity contribution in [2.45, 2.75) is 6.92 Å². The predicted octanol–water partition coefficient (Wildman–Crippen LogP) is 4.18. The van der Waals surface area contributed by atoms with E-state index in [0.717, 1.165) is 5.56 Å². The van der Waals surface area contributed by atoms with Crippen LogP contribution in [0.5, 0.6) is 11.5 Å². The smallest absolute Gasteiger partial charge is 0.231 e. The first-order chi connectivity index (χ1) is 12.1. The van der Waals surface area contributed by atoms with Crippen molar-refractivity contribution in [3.63, 3.8) is 0 Å². The first kappa shape index (κ1) is 15.9. The van der Waals surface area contributed by atoms with E-state index in [2.05, 4.69) is 15.3 Å². The van der Waals surface area contributed by atoms with Crippen molar-refractivity contribution in [2.75, 3.05) is 6.79 Å². The number of aromatic nitrogens is 3. The molecule has 8 heteroatoms. The van der Waals surface area contributed by atoms with E-state index in [1.54, 1.807) is 23.0 Å². The zero-order valence-corrected chi connectivity index (χ0v) is 14.8. The lowest BCUT2D eigenvalue weighted by atomic mass is 10.1. The van der Waals surface area contributed by atoms with E-state index < -0.39 is 0 Å². The molecule has 0 atom stereocenters. The van der Waals surface area contributed by atoms with Crippen molar-refractivity contribution in [3.8, 4) is 22.9 Å². The molecule has 6 nitrogen and oxygen atoms in total. The number of benzene rings is 2. The third-order valence-electron chi connectivity index (χ3n) is 3.76. The topological polar surface area (TPSA) is 64.4 Å². The van der Waals surface area contributed by atoms with Crippen LogP contribution in [0.3, 0.4) is 0 Å². The maximum atomic E-state index is 6.28. The number of aromatic amines is 1. The van der Waals surface area contributed by atoms with Crippen LogP contribution in [0, 0.1) is 11.7 Å². The molecule has 3 aromatic rings. The fourth-order valence-corrected chi connectivity index (χ4v) is 2.82. The molecule has 0 spiro atoms. The van der Waals surface area contributed by atoms with Crippen LogP contribution in [-0.4, -0.2) is 27.9 Å². The maximum Gasteiger partial charge on any atom is 0.231 e. The normalized spacial score (nSPS) is 12.9. The minimum Gasteiger partial charge on any atom is -0.454 e. The Morgan fingerprint density at radius 2 is 1.96 bits per heavy atom. The summed E-state index contributed by atoms with van der Waals surface area (Å²) in [5.41, 5.74) is 2.77. The lowest BCUT2D eigenvalue weighted by Gasteiger charge is -2.03. The number of fused-ring (bicyclic) bond motifs is 1. The number of nitrogens with zero attached hydrogens (tertiary/aromatic N) is 3. The lowest BCUT2D eigenvalue weighted by molar-refractivity contribution is 0.174. The summed E-state index contributed by atoms with van der Waals surface area (Å²) in [6, 6.07) is 11.5. The molecule has 4 rings (SSSR count). The van der Waals surface area contributed by atoms with Gasteiger partial charge in [0.15, 0.2) is 17.3 Å². The highest BCUT2D eigenvalue weighted by molar-refractivity contribution is 7.71. The molecule has 0 aliphatic carbocycles. The number of halogens is 1. The Bertz CT molecular complexity index is 1020. The van der Waals surface area contributed by atoms with E-state index in [9.17, 15) is 0 Å². The molecule has 2 heterocycles. The quantitative estimate of drug-likeness (QED) is 0.553. The highest BCUT2D eigenvalue weighted by Crippen LogP contribution is 2.36. The second-order valence-corrected chi connectivity index (χ2v) is 6.30. The summed E-state index contributed by atoms with van der Waals surface area (Å²) in [7, 11) is 0. The Morgan fingerprint density at radius 3 is 2.72 bits per heavy atom. The van der Waals surface area contributed by atoms with Gasteiger partial charge in [-0.2, -0.15) is 14.9 Å². The van der Waals surface area contributed by atoms with Crippen molar-refractivity contribution in [1.29, 1.82) is 0 Å². The largest absolute Gasteiger partial charge is 0.454 e. The van der Waals surface area contributed by atoms with Crippen molar-refractivity contribution in [3.05, 3.63) is 57.3 Å². The van der Waals surface area contributed by atoms with E-state index >= 15 is 0 Å². The van der Waals surface area contributed by atoms with Crippen LogP contribution in [0.15, 0.2) is 41.5 Å². The highest BCUT2D eigenvalue weighted by atomic mass is 35.5. The molecule has 0 fully saturated rings. The van der Waals surface area contributed by atoms with Gasteiger partial charge in [-0.1, -0.05) is 41.4 Å². The SMILES string of the molecule is Cc1ccc(-c2n[nH]c(=S)n2/N=C/c2cc3c(cc2Cl)OCO3)cc1. The summed E-state index contributed by atoms with van der Waals surface area (Å²) in [5, 5.41) is 12.0. The third-order valence-corrected chi connectivity index (χ3v) is 4.36. The standard InChI is InChI=1S/C17H13ClN4O2S/c1-10-2-4-11(5-3-10)16-20-21-17(25)22(16)19-8-12-6-14-15(7-13(12)18)24-9-23-14/h2-8H,9H2,1H3,(H,21,25)/b19-8+. The molecule has 1 aliphatic rings. The second-order valence-electron chi connectivity index (χ2n) is 5.50. The molecule has 25 heavy (non-hydrogen) atoms. The number of ether oxygens (including phenoxy) is 2. The molecule has 0 saturated carbocycles. The number of aryl methyl sites for hydroxylation is 1. The summed E-state index contributed by atoms with van der Waals surface area (Å²) in [5.74, 6) is 1.89. The molecule has 0 unspecified atom stereocenters. The van der Waals surface area contributed by atoms with E-state index in [1.165, 1.54) is 5.56 Å². The second kappa shape index (κ2) is 6.34. The van der Waals surface area contributed by atoms with Gasteiger partial charge >= 0.3 is 0 Å². The van der Waals surface area contributed by atoms with Crippen LogP contribution in [-0.2, 0) is 0 Å². The number of hydrogen-bond donors (Lipinski definition) is 1. The fourth-order valence-electron chi connectivity index (χ4n) is 2.44. The highest BCUT2D eigenvalue weighted by Gasteiger charge is 2.16. The molecule has 0 saturated heterocycles. The van der Waals surface area contributed by atoms with Gasteiger partial charge in [0, 0.05) is 17.2 Å². The van der Waals surface area contributed by atoms with E-state index in [4.69, 9.17) is 33.3 Å². The number of rotatable bonds is 3. The molecule has 1 aromatic heterocycles. The molecular weight excluding hydrogens is 360 g/mol. The van der Waals surface area contributed by atoms with Crippen LogP contribution in [0.2, 0.25) is 5.02 Å². The Kier molecular flexibility index (Phi) is 4.03. The van der Waals surface area contributed by atoms with Gasteiger partial charge in [0.1, 0.15) is 0 Å². The molecule has 0 radical (unpaired) electrons. The molecular formula is C17H13ClN4O2S. The van der Waals surface area contributed by atoms with E-state index in [-0.39, 0.29) is 6.79 Å². The van der Waals surface area contributed by atoms with Gasteiger partial charge in [0.05, 0.1) is 11.2 Å². The van der Waals surface area contributed by atoms with Crippen molar-refractivity contribution >= 4 is 30.0 Å². The maximum absolute atomic E-state index is 6.28. The Labute approximate surface area is 153 Å². The first-order valence-electron chi connectivity index (χ1n) is 7.50. The minimum atomic E-state index is 0.191. The zero-order valence-electron chi connectivity index (χ0n) is 13.2. The summed E-state index contributed by atoms with van der Waals surface area (Å²) in [4.78, 5) is 0. The van der Waals surface area contributed by atoms with Crippen LogP contribution in [0.4, 0.5) is 0 Å². The van der Waals surface area contributed by atoms with Crippen molar-refractivity contribution in [1.82, 2.24) is 14.9 Å². The Balaban J connectivity index is 1.72. The Hall–Kier alpha value is -2.64. The van der Waals surface area contributed by atoms with E-state index in [1.807, 2.05) is 31.2 Å². The van der Waals surface area contributed by atoms with Gasteiger partial charge < -0.3 is 9.47 Å². The molecule has 126 valence electrons.